The first kappa shape index (κ1) is 16.7. The van der Waals surface area contributed by atoms with Gasteiger partial charge < -0.3 is 4.90 Å². The van der Waals surface area contributed by atoms with Crippen LogP contribution in [0.4, 0.5) is 0 Å². The third-order valence-corrected chi connectivity index (χ3v) is 7.08. The van der Waals surface area contributed by atoms with Crippen molar-refractivity contribution >= 4 is 38.9 Å². The van der Waals surface area contributed by atoms with Crippen LogP contribution in [0.25, 0.3) is 0 Å². The molecule has 1 amide bonds. The van der Waals surface area contributed by atoms with Gasteiger partial charge >= 0.3 is 0 Å². The van der Waals surface area contributed by atoms with Gasteiger partial charge in [-0.3, -0.25) is 4.79 Å². The zero-order chi connectivity index (χ0) is 15.5. The summed E-state index contributed by atoms with van der Waals surface area (Å²) in [6.45, 7) is 3.65. The maximum atomic E-state index is 12.4. The van der Waals surface area contributed by atoms with Crippen LogP contribution < -0.4 is 0 Å². The molecule has 8 heteroatoms. The predicted molar refractivity (Wildman–Crippen MR) is 84.2 cm³/mol. The van der Waals surface area contributed by atoms with Crippen LogP contribution >= 0.6 is 22.9 Å². The molecule has 21 heavy (non-hydrogen) atoms. The van der Waals surface area contributed by atoms with Crippen LogP contribution in [0.5, 0.6) is 0 Å². The lowest BCUT2D eigenvalue weighted by Crippen LogP contribution is -2.50. The summed E-state index contributed by atoms with van der Waals surface area (Å²) in [6, 6.07) is 3.12. The fourth-order valence-electron chi connectivity index (χ4n) is 2.23. The van der Waals surface area contributed by atoms with Gasteiger partial charge in [0.05, 0.1) is 4.34 Å². The van der Waals surface area contributed by atoms with E-state index in [0.29, 0.717) is 36.9 Å². The van der Waals surface area contributed by atoms with Gasteiger partial charge in [0.15, 0.2) is 0 Å². The molecule has 0 atom stereocenters. The first-order chi connectivity index (χ1) is 9.95. The van der Waals surface area contributed by atoms with Crippen molar-refractivity contribution in [3.05, 3.63) is 16.5 Å². The number of nitrogens with zero attached hydrogens (tertiary/aromatic N) is 2. The molecule has 1 aromatic heterocycles. The average molecular weight is 351 g/mol. The molecule has 0 bridgehead atoms. The highest BCUT2D eigenvalue weighted by Gasteiger charge is 2.30. The van der Waals surface area contributed by atoms with Gasteiger partial charge in [-0.15, -0.1) is 11.3 Å². The molecule has 1 fully saturated rings. The molecule has 0 spiro atoms. The maximum Gasteiger partial charge on any atom is 0.252 e. The second-order valence-electron chi connectivity index (χ2n) is 4.95. The average Bonchev–Trinajstić information content (AvgIpc) is 2.92. The van der Waals surface area contributed by atoms with E-state index in [2.05, 4.69) is 0 Å². The number of piperazine rings is 1. The number of rotatable bonds is 5. The molecule has 1 aromatic rings. The van der Waals surface area contributed by atoms with Crippen LogP contribution in [0.1, 0.15) is 26.2 Å². The van der Waals surface area contributed by atoms with E-state index in [-0.39, 0.29) is 10.1 Å². The number of halogens is 1. The zero-order valence-electron chi connectivity index (χ0n) is 11.9. The monoisotopic (exact) mass is 350 g/mol. The van der Waals surface area contributed by atoms with E-state index >= 15 is 0 Å². The van der Waals surface area contributed by atoms with Crippen molar-refractivity contribution in [2.45, 2.75) is 30.4 Å². The van der Waals surface area contributed by atoms with Gasteiger partial charge in [0.25, 0.3) is 10.0 Å². The van der Waals surface area contributed by atoms with E-state index in [1.54, 1.807) is 11.0 Å². The maximum absolute atomic E-state index is 12.4. The minimum atomic E-state index is -3.48. The van der Waals surface area contributed by atoms with Gasteiger partial charge in [-0.2, -0.15) is 4.31 Å². The number of unbranched alkanes of at least 4 members (excludes halogenated alkanes) is 1. The summed E-state index contributed by atoms with van der Waals surface area (Å²) in [7, 11) is -3.48. The Balaban J connectivity index is 1.96. The number of thiophene rings is 1. The van der Waals surface area contributed by atoms with Gasteiger partial charge in [-0.05, 0) is 18.6 Å². The fraction of sp³-hybridized carbons (Fsp3) is 0.615. The summed E-state index contributed by atoms with van der Waals surface area (Å²) in [5.41, 5.74) is 0. The van der Waals surface area contributed by atoms with Crippen LogP contribution in [0.2, 0.25) is 4.34 Å². The van der Waals surface area contributed by atoms with Crippen LogP contribution in [-0.4, -0.2) is 49.7 Å². The molecule has 0 aromatic carbocycles. The Kier molecular flexibility index (Phi) is 5.65. The van der Waals surface area contributed by atoms with Crippen molar-refractivity contribution in [3.8, 4) is 0 Å². The lowest BCUT2D eigenvalue weighted by Gasteiger charge is -2.33. The number of carbonyl (C=O) groups is 1. The molecule has 118 valence electrons. The first-order valence-electron chi connectivity index (χ1n) is 6.98. The smallest absolute Gasteiger partial charge is 0.252 e. The molecular weight excluding hydrogens is 332 g/mol. The molecule has 2 heterocycles. The summed E-state index contributed by atoms with van der Waals surface area (Å²) < 4.78 is 27.0. The number of carbonyl (C=O) groups excluding carboxylic acids is 1. The fourth-order valence-corrected chi connectivity index (χ4v) is 5.29. The molecule has 0 radical (unpaired) electrons. The Bertz CT molecular complexity index is 592. The van der Waals surface area contributed by atoms with Crippen molar-refractivity contribution in [1.29, 1.82) is 0 Å². The Morgan fingerprint density at radius 3 is 2.48 bits per heavy atom. The normalized spacial score (nSPS) is 17.1. The SMILES string of the molecule is CCCCC(=O)N1CCN(S(=O)(=O)c2ccc(Cl)s2)CC1. The quantitative estimate of drug-likeness (QED) is 0.819. The molecule has 0 N–H and O–H groups in total. The number of hydrogen-bond donors (Lipinski definition) is 0. The molecule has 1 aliphatic rings. The van der Waals surface area contributed by atoms with Crippen molar-refractivity contribution in [2.24, 2.45) is 0 Å². The highest BCUT2D eigenvalue weighted by molar-refractivity contribution is 7.91. The molecule has 5 nitrogen and oxygen atoms in total. The highest BCUT2D eigenvalue weighted by Crippen LogP contribution is 2.28. The lowest BCUT2D eigenvalue weighted by molar-refractivity contribution is -0.132. The minimum absolute atomic E-state index is 0.119. The van der Waals surface area contributed by atoms with E-state index in [4.69, 9.17) is 11.6 Å². The highest BCUT2D eigenvalue weighted by atomic mass is 35.5. The standard InChI is InChI=1S/C13H19ClN2O3S2/c1-2-3-4-12(17)15-7-9-16(10-8-15)21(18,19)13-6-5-11(14)20-13/h5-6H,2-4,7-10H2,1H3. The van der Waals surface area contributed by atoms with Gasteiger partial charge in [-0.25, -0.2) is 8.42 Å². The molecule has 2 rings (SSSR count). The van der Waals surface area contributed by atoms with Gasteiger partial charge in [0, 0.05) is 32.6 Å². The minimum Gasteiger partial charge on any atom is -0.340 e. The van der Waals surface area contributed by atoms with Gasteiger partial charge in [0.1, 0.15) is 4.21 Å². The second-order valence-corrected chi connectivity index (χ2v) is 8.83. The number of sulfonamides is 1. The molecule has 0 saturated carbocycles. The Morgan fingerprint density at radius 2 is 1.95 bits per heavy atom. The Morgan fingerprint density at radius 1 is 1.29 bits per heavy atom. The van der Waals surface area contributed by atoms with E-state index in [0.717, 1.165) is 24.2 Å². The molecule has 1 aliphatic heterocycles. The summed E-state index contributed by atoms with van der Waals surface area (Å²) in [6.07, 6.45) is 2.41. The molecular formula is C13H19ClN2O3S2. The van der Waals surface area contributed by atoms with Crippen LogP contribution in [0, 0.1) is 0 Å². The first-order valence-corrected chi connectivity index (χ1v) is 9.62. The third kappa shape index (κ3) is 3.97. The molecule has 0 aliphatic carbocycles. The van der Waals surface area contributed by atoms with E-state index in [1.165, 1.54) is 10.4 Å². The largest absolute Gasteiger partial charge is 0.340 e. The summed E-state index contributed by atoms with van der Waals surface area (Å²) >= 11 is 6.86. The van der Waals surface area contributed by atoms with Crippen molar-refractivity contribution in [3.63, 3.8) is 0 Å². The van der Waals surface area contributed by atoms with Crippen LogP contribution in [-0.2, 0) is 14.8 Å². The number of amides is 1. The lowest BCUT2D eigenvalue weighted by atomic mass is 10.2. The van der Waals surface area contributed by atoms with Crippen LogP contribution in [0.15, 0.2) is 16.3 Å². The third-order valence-electron chi connectivity index (χ3n) is 3.48. The summed E-state index contributed by atoms with van der Waals surface area (Å²) in [5, 5.41) is 0. The molecule has 1 saturated heterocycles. The Hall–Kier alpha value is -0.630. The van der Waals surface area contributed by atoms with E-state index in [9.17, 15) is 13.2 Å². The zero-order valence-corrected chi connectivity index (χ0v) is 14.3. The number of hydrogen-bond acceptors (Lipinski definition) is 4. The predicted octanol–water partition coefficient (Wildman–Crippen LogP) is 2.42. The summed E-state index contributed by atoms with van der Waals surface area (Å²) in [5.74, 6) is 0.119. The van der Waals surface area contributed by atoms with Gasteiger partial charge in [-0.1, -0.05) is 24.9 Å². The van der Waals surface area contributed by atoms with Gasteiger partial charge in [0.2, 0.25) is 5.91 Å². The van der Waals surface area contributed by atoms with E-state index < -0.39 is 10.0 Å². The second kappa shape index (κ2) is 7.09. The van der Waals surface area contributed by atoms with Crippen molar-refractivity contribution in [2.75, 3.05) is 26.2 Å². The topological polar surface area (TPSA) is 57.7 Å². The van der Waals surface area contributed by atoms with Crippen molar-refractivity contribution in [1.82, 2.24) is 9.21 Å². The van der Waals surface area contributed by atoms with Crippen LogP contribution in [0.3, 0.4) is 0 Å². The Labute approximate surface area is 134 Å². The summed E-state index contributed by atoms with van der Waals surface area (Å²) in [4.78, 5) is 13.7. The van der Waals surface area contributed by atoms with Crippen molar-refractivity contribution < 1.29 is 13.2 Å². The van der Waals surface area contributed by atoms with E-state index in [1.807, 2.05) is 6.92 Å². The molecule has 0 unspecified atom stereocenters.